The van der Waals surface area contributed by atoms with E-state index in [1.54, 1.807) is 18.3 Å². The molecule has 0 spiro atoms. The second-order valence-corrected chi connectivity index (χ2v) is 4.23. The summed E-state index contributed by atoms with van der Waals surface area (Å²) in [6.07, 6.45) is 5.99. The number of amides is 1. The Hall–Kier alpha value is -1.78. The van der Waals surface area contributed by atoms with E-state index in [-0.39, 0.29) is 12.5 Å². The maximum Gasteiger partial charge on any atom is 0.323 e. The van der Waals surface area contributed by atoms with Gasteiger partial charge in [-0.2, -0.15) is 0 Å². The van der Waals surface area contributed by atoms with Gasteiger partial charge in [-0.1, -0.05) is 26.2 Å². The number of carboxylic acids is 1. The van der Waals surface area contributed by atoms with Crippen LogP contribution in [-0.4, -0.2) is 28.1 Å². The number of nitrogens with zero attached hydrogens (tertiary/aromatic N) is 1. The molecule has 0 unspecified atom stereocenters. The summed E-state index contributed by atoms with van der Waals surface area (Å²) < 4.78 is 1.43. The van der Waals surface area contributed by atoms with Crippen molar-refractivity contribution < 1.29 is 14.7 Å². The minimum atomic E-state index is -0.955. The molecule has 0 aliphatic rings. The summed E-state index contributed by atoms with van der Waals surface area (Å²) in [6, 6.07) is 3.30. The van der Waals surface area contributed by atoms with Gasteiger partial charge in [0.05, 0.1) is 0 Å². The highest BCUT2D eigenvalue weighted by molar-refractivity contribution is 5.93. The molecule has 0 aliphatic carbocycles. The number of aliphatic carboxylic acids is 1. The van der Waals surface area contributed by atoms with Crippen LogP contribution in [-0.2, 0) is 11.3 Å². The first-order valence-corrected chi connectivity index (χ1v) is 6.30. The molecule has 1 amide bonds. The highest BCUT2D eigenvalue weighted by Crippen LogP contribution is 2.03. The third kappa shape index (κ3) is 4.61. The van der Waals surface area contributed by atoms with Crippen LogP contribution in [0.1, 0.15) is 43.1 Å². The Labute approximate surface area is 107 Å². The van der Waals surface area contributed by atoms with Crippen molar-refractivity contribution >= 4 is 11.9 Å². The van der Waals surface area contributed by atoms with Gasteiger partial charge in [0, 0.05) is 12.7 Å². The molecule has 0 aliphatic heterocycles. The zero-order valence-corrected chi connectivity index (χ0v) is 10.7. The first-order valence-electron chi connectivity index (χ1n) is 6.30. The van der Waals surface area contributed by atoms with Crippen molar-refractivity contribution in [3.63, 3.8) is 0 Å². The summed E-state index contributed by atoms with van der Waals surface area (Å²) in [7, 11) is 0. The highest BCUT2D eigenvalue weighted by atomic mass is 16.4. The van der Waals surface area contributed by atoms with Crippen molar-refractivity contribution in [3.05, 3.63) is 24.0 Å². The van der Waals surface area contributed by atoms with E-state index < -0.39 is 5.97 Å². The van der Waals surface area contributed by atoms with Crippen LogP contribution in [0.3, 0.4) is 0 Å². The van der Waals surface area contributed by atoms with Crippen molar-refractivity contribution in [1.82, 2.24) is 9.88 Å². The number of rotatable bonds is 8. The predicted octanol–water partition coefficient (Wildman–Crippen LogP) is 1.88. The van der Waals surface area contributed by atoms with Gasteiger partial charge in [0.25, 0.3) is 5.91 Å². The molecule has 0 saturated heterocycles. The van der Waals surface area contributed by atoms with E-state index in [2.05, 4.69) is 12.2 Å². The van der Waals surface area contributed by atoms with Gasteiger partial charge in [-0.3, -0.25) is 9.59 Å². The molecule has 5 heteroatoms. The smallest absolute Gasteiger partial charge is 0.323 e. The topological polar surface area (TPSA) is 71.3 Å². The van der Waals surface area contributed by atoms with Crippen LogP contribution in [0.25, 0.3) is 0 Å². The number of carboxylic acid groups (broad SMARTS) is 1. The van der Waals surface area contributed by atoms with Gasteiger partial charge >= 0.3 is 5.97 Å². The van der Waals surface area contributed by atoms with E-state index >= 15 is 0 Å². The van der Waals surface area contributed by atoms with Crippen LogP contribution in [0, 0.1) is 0 Å². The first-order chi connectivity index (χ1) is 8.65. The Morgan fingerprint density at radius 3 is 2.78 bits per heavy atom. The molecular weight excluding hydrogens is 232 g/mol. The third-order valence-electron chi connectivity index (χ3n) is 2.68. The van der Waals surface area contributed by atoms with E-state index in [9.17, 15) is 9.59 Å². The first kappa shape index (κ1) is 14.3. The normalized spacial score (nSPS) is 10.3. The molecule has 18 heavy (non-hydrogen) atoms. The van der Waals surface area contributed by atoms with Gasteiger partial charge in [-0.25, -0.2) is 0 Å². The monoisotopic (exact) mass is 252 g/mol. The van der Waals surface area contributed by atoms with Crippen LogP contribution in [0.4, 0.5) is 0 Å². The molecular formula is C13H20N2O3. The number of carbonyl (C=O) groups is 2. The summed E-state index contributed by atoms with van der Waals surface area (Å²) in [4.78, 5) is 22.4. The Morgan fingerprint density at radius 2 is 2.11 bits per heavy atom. The number of unbranched alkanes of at least 4 members (excludes halogenated alkanes) is 3. The van der Waals surface area contributed by atoms with E-state index in [1.807, 2.05) is 0 Å². The Morgan fingerprint density at radius 1 is 1.33 bits per heavy atom. The van der Waals surface area contributed by atoms with Gasteiger partial charge in [0.1, 0.15) is 12.2 Å². The Bertz CT molecular complexity index is 399. The predicted molar refractivity (Wildman–Crippen MR) is 68.5 cm³/mol. The van der Waals surface area contributed by atoms with Crippen LogP contribution in [0.15, 0.2) is 18.3 Å². The molecule has 1 aromatic rings. The van der Waals surface area contributed by atoms with Crippen molar-refractivity contribution in [2.24, 2.45) is 0 Å². The van der Waals surface area contributed by atoms with Gasteiger partial charge in [-0.15, -0.1) is 0 Å². The van der Waals surface area contributed by atoms with Gasteiger partial charge in [-0.05, 0) is 18.6 Å². The average Bonchev–Trinajstić information content (AvgIpc) is 2.76. The lowest BCUT2D eigenvalue weighted by molar-refractivity contribution is -0.137. The summed E-state index contributed by atoms with van der Waals surface area (Å²) >= 11 is 0. The Kier molecular flexibility index (Phi) is 5.97. The molecule has 0 bridgehead atoms. The number of hydrogen-bond donors (Lipinski definition) is 2. The molecule has 1 heterocycles. The van der Waals surface area contributed by atoms with Crippen LogP contribution in [0.2, 0.25) is 0 Å². The van der Waals surface area contributed by atoms with E-state index in [0.717, 1.165) is 19.3 Å². The highest BCUT2D eigenvalue weighted by Gasteiger charge is 2.11. The Balaban J connectivity index is 2.41. The average molecular weight is 252 g/mol. The number of hydrogen-bond acceptors (Lipinski definition) is 2. The second-order valence-electron chi connectivity index (χ2n) is 4.23. The fraction of sp³-hybridized carbons (Fsp3) is 0.538. The number of aromatic nitrogens is 1. The molecule has 0 atom stereocenters. The molecule has 100 valence electrons. The van der Waals surface area contributed by atoms with Crippen LogP contribution in [0.5, 0.6) is 0 Å². The molecule has 0 radical (unpaired) electrons. The number of nitrogens with one attached hydrogen (secondary N) is 1. The summed E-state index contributed by atoms with van der Waals surface area (Å²) in [6.45, 7) is 2.58. The lowest BCUT2D eigenvalue weighted by atomic mass is 10.2. The van der Waals surface area contributed by atoms with E-state index in [1.165, 1.54) is 11.0 Å². The van der Waals surface area contributed by atoms with Crippen molar-refractivity contribution in [2.75, 3.05) is 6.54 Å². The molecule has 0 saturated carbocycles. The molecule has 0 fully saturated rings. The van der Waals surface area contributed by atoms with Crippen molar-refractivity contribution in [1.29, 1.82) is 0 Å². The SMILES string of the molecule is CCCCCCNC(=O)c1cccn1CC(=O)O. The number of carbonyl (C=O) groups excluding carboxylic acids is 1. The zero-order chi connectivity index (χ0) is 13.4. The molecule has 0 aromatic carbocycles. The maximum atomic E-state index is 11.8. The summed E-state index contributed by atoms with van der Waals surface area (Å²) in [5.41, 5.74) is 0.396. The van der Waals surface area contributed by atoms with Gasteiger partial charge in [0.2, 0.25) is 0 Å². The van der Waals surface area contributed by atoms with E-state index in [4.69, 9.17) is 5.11 Å². The maximum absolute atomic E-state index is 11.8. The minimum absolute atomic E-state index is 0.189. The molecule has 5 nitrogen and oxygen atoms in total. The lowest BCUT2D eigenvalue weighted by Crippen LogP contribution is -2.27. The molecule has 1 rings (SSSR count). The zero-order valence-electron chi connectivity index (χ0n) is 10.7. The fourth-order valence-electron chi connectivity index (χ4n) is 1.75. The summed E-state index contributed by atoms with van der Waals surface area (Å²) in [5.74, 6) is -1.17. The fourth-order valence-corrected chi connectivity index (χ4v) is 1.75. The van der Waals surface area contributed by atoms with Gasteiger partial charge < -0.3 is 15.0 Å². The largest absolute Gasteiger partial charge is 0.480 e. The van der Waals surface area contributed by atoms with Crippen molar-refractivity contribution in [2.45, 2.75) is 39.2 Å². The van der Waals surface area contributed by atoms with Gasteiger partial charge in [0.15, 0.2) is 0 Å². The van der Waals surface area contributed by atoms with E-state index in [0.29, 0.717) is 12.2 Å². The van der Waals surface area contributed by atoms with Crippen LogP contribution < -0.4 is 5.32 Å². The standard InChI is InChI=1S/C13H20N2O3/c1-2-3-4-5-8-14-13(18)11-7-6-9-15(11)10-12(16)17/h6-7,9H,2-5,8,10H2,1H3,(H,14,18)(H,16,17). The third-order valence-corrected chi connectivity index (χ3v) is 2.68. The lowest BCUT2D eigenvalue weighted by Gasteiger charge is -2.07. The molecule has 1 aromatic heterocycles. The van der Waals surface area contributed by atoms with Crippen LogP contribution >= 0.6 is 0 Å². The second kappa shape index (κ2) is 7.53. The van der Waals surface area contributed by atoms with Crippen molar-refractivity contribution in [3.8, 4) is 0 Å². The minimum Gasteiger partial charge on any atom is -0.480 e. The molecule has 2 N–H and O–H groups in total. The quantitative estimate of drug-likeness (QED) is 0.694. The summed E-state index contributed by atoms with van der Waals surface area (Å²) in [5, 5.41) is 11.5.